The van der Waals surface area contributed by atoms with Crippen LogP contribution in [-0.2, 0) is 9.59 Å². The molecule has 1 aromatic rings. The minimum atomic E-state index is -0.224. The van der Waals surface area contributed by atoms with Crippen molar-refractivity contribution in [3.63, 3.8) is 0 Å². The fourth-order valence-electron chi connectivity index (χ4n) is 1.49. The zero-order chi connectivity index (χ0) is 12.3. The topological polar surface area (TPSA) is 74.7 Å². The van der Waals surface area contributed by atoms with Gasteiger partial charge in [0, 0.05) is 26.1 Å². The molecule has 1 aliphatic rings. The van der Waals surface area contributed by atoms with Crippen LogP contribution >= 0.6 is 0 Å². The first kappa shape index (κ1) is 11.3. The third-order valence-corrected chi connectivity index (χ3v) is 2.49. The van der Waals surface area contributed by atoms with Gasteiger partial charge in [0.2, 0.25) is 5.91 Å². The number of nitrogens with zero attached hydrogens (tertiary/aromatic N) is 3. The van der Waals surface area contributed by atoms with Gasteiger partial charge in [-0.25, -0.2) is 5.43 Å². The predicted molar refractivity (Wildman–Crippen MR) is 62.5 cm³/mol. The summed E-state index contributed by atoms with van der Waals surface area (Å²) < 4.78 is 0. The summed E-state index contributed by atoms with van der Waals surface area (Å²) in [5.41, 5.74) is 3.35. The van der Waals surface area contributed by atoms with Crippen LogP contribution in [0.1, 0.15) is 12.8 Å². The highest BCUT2D eigenvalue weighted by Gasteiger charge is 2.22. The first-order valence-electron chi connectivity index (χ1n) is 5.22. The van der Waals surface area contributed by atoms with Gasteiger partial charge in [-0.3, -0.25) is 14.6 Å². The second kappa shape index (κ2) is 4.73. The lowest BCUT2D eigenvalue weighted by Gasteiger charge is -2.19. The Labute approximate surface area is 98.3 Å². The second-order valence-corrected chi connectivity index (χ2v) is 3.67. The van der Waals surface area contributed by atoms with Crippen LogP contribution in [0.4, 0.5) is 5.69 Å². The van der Waals surface area contributed by atoms with Crippen molar-refractivity contribution in [3.8, 4) is 0 Å². The Kier molecular flexibility index (Phi) is 3.13. The van der Waals surface area contributed by atoms with Crippen molar-refractivity contribution in [1.82, 2.24) is 10.4 Å². The quantitative estimate of drug-likeness (QED) is 0.797. The number of carbonyl (C=O) groups is 2. The lowest BCUT2D eigenvalue weighted by atomic mass is 10.1. The highest BCUT2D eigenvalue weighted by atomic mass is 16.2. The normalized spacial score (nSPS) is 14.9. The van der Waals surface area contributed by atoms with Crippen molar-refractivity contribution >= 4 is 23.2 Å². The van der Waals surface area contributed by atoms with Gasteiger partial charge in [0.15, 0.2) is 0 Å². The summed E-state index contributed by atoms with van der Waals surface area (Å²) in [5, 5.41) is 3.76. The molecule has 0 fully saturated rings. The van der Waals surface area contributed by atoms with Crippen LogP contribution in [0.3, 0.4) is 0 Å². The number of pyridine rings is 1. The number of hydrogen-bond acceptors (Lipinski definition) is 4. The van der Waals surface area contributed by atoms with Gasteiger partial charge >= 0.3 is 0 Å². The molecule has 88 valence electrons. The van der Waals surface area contributed by atoms with Crippen molar-refractivity contribution in [2.24, 2.45) is 5.10 Å². The Morgan fingerprint density at radius 1 is 1.47 bits per heavy atom. The first-order chi connectivity index (χ1) is 8.18. The molecule has 0 saturated carbocycles. The number of rotatable bonds is 2. The van der Waals surface area contributed by atoms with E-state index in [4.69, 9.17) is 0 Å². The van der Waals surface area contributed by atoms with Gasteiger partial charge in [-0.2, -0.15) is 5.10 Å². The maximum absolute atomic E-state index is 12.0. The second-order valence-electron chi connectivity index (χ2n) is 3.67. The Morgan fingerprint density at radius 3 is 2.88 bits per heavy atom. The highest BCUT2D eigenvalue weighted by Crippen LogP contribution is 2.12. The number of amides is 2. The molecule has 0 atom stereocenters. The zero-order valence-corrected chi connectivity index (χ0v) is 9.38. The van der Waals surface area contributed by atoms with Gasteiger partial charge in [-0.15, -0.1) is 0 Å². The highest BCUT2D eigenvalue weighted by molar-refractivity contribution is 6.44. The third-order valence-electron chi connectivity index (χ3n) is 2.49. The van der Waals surface area contributed by atoms with Crippen LogP contribution in [0.25, 0.3) is 0 Å². The van der Waals surface area contributed by atoms with Crippen molar-refractivity contribution in [2.75, 3.05) is 11.9 Å². The predicted octanol–water partition coefficient (Wildman–Crippen LogP) is 0.310. The molecule has 6 nitrogen and oxygen atoms in total. The molecule has 1 aromatic heterocycles. The fraction of sp³-hybridized carbons (Fsp3) is 0.273. The monoisotopic (exact) mass is 232 g/mol. The van der Waals surface area contributed by atoms with Crippen molar-refractivity contribution in [2.45, 2.75) is 12.8 Å². The Bertz CT molecular complexity index is 470. The van der Waals surface area contributed by atoms with Crippen LogP contribution in [0.15, 0.2) is 29.6 Å². The van der Waals surface area contributed by atoms with Gasteiger partial charge < -0.3 is 4.90 Å². The number of carbonyl (C=O) groups excluding carboxylic acids is 2. The largest absolute Gasteiger partial charge is 0.309 e. The lowest BCUT2D eigenvalue weighted by Crippen LogP contribution is -2.38. The molecular formula is C11H12N4O2. The fourth-order valence-corrected chi connectivity index (χ4v) is 1.49. The maximum Gasteiger partial charge on any atom is 0.274 e. The Hall–Kier alpha value is -2.24. The first-order valence-corrected chi connectivity index (χ1v) is 5.22. The number of anilines is 1. The van der Waals surface area contributed by atoms with E-state index >= 15 is 0 Å². The van der Waals surface area contributed by atoms with Crippen LogP contribution in [0.2, 0.25) is 0 Å². The van der Waals surface area contributed by atoms with Gasteiger partial charge in [0.05, 0.1) is 11.9 Å². The number of hydrogen-bond donors (Lipinski definition) is 1. The summed E-state index contributed by atoms with van der Waals surface area (Å²) >= 11 is 0. The zero-order valence-electron chi connectivity index (χ0n) is 9.38. The molecule has 0 unspecified atom stereocenters. The summed E-state index contributed by atoms with van der Waals surface area (Å²) in [4.78, 5) is 28.3. The van der Waals surface area contributed by atoms with E-state index in [2.05, 4.69) is 15.5 Å². The average molecular weight is 232 g/mol. The molecule has 0 bridgehead atoms. The summed E-state index contributed by atoms with van der Waals surface area (Å²) in [6, 6.07) is 3.54. The minimum Gasteiger partial charge on any atom is -0.309 e. The number of nitrogens with one attached hydrogen (secondary N) is 1. The van der Waals surface area contributed by atoms with E-state index < -0.39 is 0 Å². The number of aromatic nitrogens is 1. The summed E-state index contributed by atoms with van der Waals surface area (Å²) in [5.74, 6) is -0.386. The van der Waals surface area contributed by atoms with Crippen LogP contribution in [-0.4, -0.2) is 29.6 Å². The molecule has 0 radical (unpaired) electrons. The molecule has 2 amide bonds. The van der Waals surface area contributed by atoms with Crippen LogP contribution in [0.5, 0.6) is 0 Å². The Balaban J connectivity index is 2.13. The van der Waals surface area contributed by atoms with Crippen LogP contribution < -0.4 is 10.3 Å². The molecule has 2 heterocycles. The molecule has 0 spiro atoms. The molecule has 1 aliphatic heterocycles. The van der Waals surface area contributed by atoms with E-state index in [1.165, 1.54) is 4.90 Å². The lowest BCUT2D eigenvalue weighted by molar-refractivity contribution is -0.121. The van der Waals surface area contributed by atoms with E-state index in [1.807, 2.05) is 0 Å². The smallest absolute Gasteiger partial charge is 0.274 e. The van der Waals surface area contributed by atoms with E-state index in [-0.39, 0.29) is 11.8 Å². The Morgan fingerprint density at radius 2 is 2.29 bits per heavy atom. The van der Waals surface area contributed by atoms with E-state index in [0.29, 0.717) is 24.2 Å². The molecule has 17 heavy (non-hydrogen) atoms. The molecular weight excluding hydrogens is 220 g/mol. The summed E-state index contributed by atoms with van der Waals surface area (Å²) in [7, 11) is 1.65. The SMILES string of the molecule is CN(C(=O)C1=NNC(=O)CC1)c1cccnc1. The van der Waals surface area contributed by atoms with E-state index in [9.17, 15) is 9.59 Å². The molecule has 0 aromatic carbocycles. The minimum absolute atomic E-state index is 0.161. The van der Waals surface area contributed by atoms with E-state index in [0.717, 1.165) is 0 Å². The maximum atomic E-state index is 12.0. The number of hydrazone groups is 1. The molecule has 1 N–H and O–H groups in total. The molecule has 0 aliphatic carbocycles. The van der Waals surface area contributed by atoms with Gasteiger partial charge in [-0.05, 0) is 12.1 Å². The van der Waals surface area contributed by atoms with Gasteiger partial charge in [-0.1, -0.05) is 0 Å². The summed E-state index contributed by atoms with van der Waals surface area (Å²) in [6.45, 7) is 0. The van der Waals surface area contributed by atoms with E-state index in [1.54, 1.807) is 31.6 Å². The van der Waals surface area contributed by atoms with Crippen molar-refractivity contribution in [3.05, 3.63) is 24.5 Å². The summed E-state index contributed by atoms with van der Waals surface area (Å²) in [6.07, 6.45) is 3.90. The molecule has 2 rings (SSSR count). The molecule has 6 heteroatoms. The van der Waals surface area contributed by atoms with Gasteiger partial charge in [0.25, 0.3) is 5.91 Å². The van der Waals surface area contributed by atoms with Gasteiger partial charge in [0.1, 0.15) is 5.71 Å². The molecule has 0 saturated heterocycles. The third kappa shape index (κ3) is 2.47. The van der Waals surface area contributed by atoms with Crippen molar-refractivity contribution < 1.29 is 9.59 Å². The van der Waals surface area contributed by atoms with Crippen molar-refractivity contribution in [1.29, 1.82) is 0 Å². The standard InChI is InChI=1S/C11H12N4O2/c1-15(8-3-2-6-12-7-8)11(17)9-4-5-10(16)14-13-9/h2-3,6-7H,4-5H2,1H3,(H,14,16). The van der Waals surface area contributed by atoms with Crippen LogP contribution in [0, 0.1) is 0 Å². The average Bonchev–Trinajstić information content (AvgIpc) is 2.39.